The second-order valence-corrected chi connectivity index (χ2v) is 5.74. The van der Waals surface area contributed by atoms with Gasteiger partial charge in [-0.15, -0.1) is 10.2 Å². The predicted molar refractivity (Wildman–Crippen MR) is 68.8 cm³/mol. The van der Waals surface area contributed by atoms with Crippen molar-refractivity contribution in [3.8, 4) is 0 Å². The monoisotopic (exact) mass is 236 g/mol. The minimum Gasteiger partial charge on any atom is -0.314 e. The molecule has 4 heteroatoms. The number of aryl methyl sites for hydroxylation is 1. The molecule has 4 nitrogen and oxygen atoms in total. The average Bonchev–Trinajstić information content (AvgIpc) is 2.61. The van der Waals surface area contributed by atoms with Gasteiger partial charge in [-0.3, -0.25) is 0 Å². The van der Waals surface area contributed by atoms with Gasteiger partial charge >= 0.3 is 0 Å². The lowest BCUT2D eigenvalue weighted by molar-refractivity contribution is 0.169. The average molecular weight is 236 g/mol. The summed E-state index contributed by atoms with van der Waals surface area (Å²) in [6, 6.07) is 0.337. The van der Waals surface area contributed by atoms with Gasteiger partial charge < -0.3 is 9.88 Å². The van der Waals surface area contributed by atoms with E-state index in [-0.39, 0.29) is 5.41 Å². The van der Waals surface area contributed by atoms with Crippen LogP contribution in [0.1, 0.15) is 57.7 Å². The molecule has 0 amide bonds. The van der Waals surface area contributed by atoms with Crippen molar-refractivity contribution in [2.24, 2.45) is 5.41 Å². The number of nitrogens with one attached hydrogen (secondary N) is 1. The van der Waals surface area contributed by atoms with Gasteiger partial charge in [0.1, 0.15) is 5.82 Å². The molecule has 1 aromatic rings. The van der Waals surface area contributed by atoms with Gasteiger partial charge in [0.05, 0.1) is 6.04 Å². The van der Waals surface area contributed by atoms with E-state index in [9.17, 15) is 0 Å². The van der Waals surface area contributed by atoms with E-state index in [2.05, 4.69) is 40.9 Å². The first-order chi connectivity index (χ1) is 8.06. The third-order valence-corrected chi connectivity index (χ3v) is 3.80. The molecule has 1 fully saturated rings. The summed E-state index contributed by atoms with van der Waals surface area (Å²) >= 11 is 0. The highest BCUT2D eigenvalue weighted by Gasteiger charge is 2.36. The molecule has 0 spiro atoms. The van der Waals surface area contributed by atoms with E-state index in [1.165, 1.54) is 12.8 Å². The van der Waals surface area contributed by atoms with E-state index in [4.69, 9.17) is 0 Å². The van der Waals surface area contributed by atoms with Crippen LogP contribution in [0, 0.1) is 12.3 Å². The summed E-state index contributed by atoms with van der Waals surface area (Å²) in [6.07, 6.45) is 3.63. The molecule has 0 saturated carbocycles. The quantitative estimate of drug-likeness (QED) is 0.876. The van der Waals surface area contributed by atoms with Crippen LogP contribution < -0.4 is 5.32 Å². The number of aromatic nitrogens is 3. The molecule has 1 aromatic heterocycles. The third kappa shape index (κ3) is 2.37. The number of hydrogen-bond donors (Lipinski definition) is 1. The van der Waals surface area contributed by atoms with Crippen molar-refractivity contribution < 1.29 is 0 Å². The summed E-state index contributed by atoms with van der Waals surface area (Å²) in [5.74, 6) is 2.15. The molecule has 0 aliphatic carbocycles. The maximum Gasteiger partial charge on any atom is 0.150 e. The van der Waals surface area contributed by atoms with Crippen LogP contribution in [0.25, 0.3) is 0 Å². The van der Waals surface area contributed by atoms with Crippen LogP contribution in [0.2, 0.25) is 0 Å². The third-order valence-electron chi connectivity index (χ3n) is 3.80. The van der Waals surface area contributed by atoms with Crippen molar-refractivity contribution in [2.75, 3.05) is 6.54 Å². The highest BCUT2D eigenvalue weighted by atomic mass is 15.3. The Morgan fingerprint density at radius 3 is 2.82 bits per heavy atom. The maximum atomic E-state index is 4.40. The van der Waals surface area contributed by atoms with Crippen LogP contribution in [-0.4, -0.2) is 21.3 Å². The normalized spacial score (nSPS) is 23.9. The van der Waals surface area contributed by atoms with Crippen LogP contribution in [0.4, 0.5) is 0 Å². The Morgan fingerprint density at radius 1 is 1.41 bits per heavy atom. The van der Waals surface area contributed by atoms with Crippen molar-refractivity contribution in [1.29, 1.82) is 0 Å². The van der Waals surface area contributed by atoms with Crippen LogP contribution in [0.15, 0.2) is 0 Å². The number of piperidine rings is 1. The summed E-state index contributed by atoms with van der Waals surface area (Å²) in [4.78, 5) is 0. The van der Waals surface area contributed by atoms with Crippen LogP contribution >= 0.6 is 0 Å². The summed E-state index contributed by atoms with van der Waals surface area (Å²) in [5, 5.41) is 12.3. The van der Waals surface area contributed by atoms with E-state index >= 15 is 0 Å². The van der Waals surface area contributed by atoms with Crippen molar-refractivity contribution >= 4 is 0 Å². The molecular formula is C13H24N4. The summed E-state index contributed by atoms with van der Waals surface area (Å²) in [6.45, 7) is 11.0. The molecule has 96 valence electrons. The first kappa shape index (κ1) is 12.6. The zero-order valence-corrected chi connectivity index (χ0v) is 11.5. The minimum atomic E-state index is 0.267. The lowest BCUT2D eigenvalue weighted by atomic mass is 9.77. The SMILES string of the molecule is CCCn1c(C)nnc1C1NCCCC1(C)C. The Balaban J connectivity index is 2.32. The van der Waals surface area contributed by atoms with E-state index < -0.39 is 0 Å². The predicted octanol–water partition coefficient (Wildman–Crippen LogP) is 2.45. The van der Waals surface area contributed by atoms with E-state index in [1.54, 1.807) is 0 Å². The van der Waals surface area contributed by atoms with Gasteiger partial charge in [0.25, 0.3) is 0 Å². The maximum absolute atomic E-state index is 4.40. The smallest absolute Gasteiger partial charge is 0.150 e. The summed E-state index contributed by atoms with van der Waals surface area (Å²) in [5.41, 5.74) is 0.267. The zero-order chi connectivity index (χ0) is 12.5. The highest BCUT2D eigenvalue weighted by molar-refractivity contribution is 5.06. The molecule has 0 radical (unpaired) electrons. The largest absolute Gasteiger partial charge is 0.314 e. The molecule has 1 N–H and O–H groups in total. The molecule has 1 aliphatic heterocycles. The van der Waals surface area contributed by atoms with Crippen LogP contribution in [0.5, 0.6) is 0 Å². The molecule has 17 heavy (non-hydrogen) atoms. The fourth-order valence-electron chi connectivity index (χ4n) is 2.76. The molecule has 0 bridgehead atoms. The molecule has 1 atom stereocenters. The van der Waals surface area contributed by atoms with Crippen LogP contribution in [0.3, 0.4) is 0 Å². The summed E-state index contributed by atoms with van der Waals surface area (Å²) < 4.78 is 2.27. The van der Waals surface area contributed by atoms with Gasteiger partial charge in [-0.05, 0) is 38.1 Å². The second-order valence-electron chi connectivity index (χ2n) is 5.74. The van der Waals surface area contributed by atoms with Gasteiger partial charge in [0.2, 0.25) is 0 Å². The highest BCUT2D eigenvalue weighted by Crippen LogP contribution is 2.39. The molecule has 1 saturated heterocycles. The first-order valence-electron chi connectivity index (χ1n) is 6.69. The van der Waals surface area contributed by atoms with Crippen molar-refractivity contribution in [1.82, 2.24) is 20.1 Å². The molecule has 1 unspecified atom stereocenters. The molecule has 2 rings (SSSR count). The van der Waals surface area contributed by atoms with Gasteiger partial charge in [-0.1, -0.05) is 20.8 Å². The van der Waals surface area contributed by atoms with Gasteiger partial charge in [-0.25, -0.2) is 0 Å². The number of hydrogen-bond acceptors (Lipinski definition) is 3. The van der Waals surface area contributed by atoms with Gasteiger partial charge in [0.15, 0.2) is 5.82 Å². The minimum absolute atomic E-state index is 0.267. The Labute approximate surface area is 104 Å². The Kier molecular flexibility index (Phi) is 3.52. The number of rotatable bonds is 3. The Hall–Kier alpha value is -0.900. The van der Waals surface area contributed by atoms with Crippen LogP contribution in [-0.2, 0) is 6.54 Å². The topological polar surface area (TPSA) is 42.7 Å². The van der Waals surface area contributed by atoms with Gasteiger partial charge in [0, 0.05) is 6.54 Å². The van der Waals surface area contributed by atoms with Crippen molar-refractivity contribution in [3.63, 3.8) is 0 Å². The second kappa shape index (κ2) is 4.77. The van der Waals surface area contributed by atoms with Gasteiger partial charge in [-0.2, -0.15) is 0 Å². The van der Waals surface area contributed by atoms with Crippen molar-refractivity contribution in [2.45, 2.75) is 59.5 Å². The Bertz CT molecular complexity index is 381. The van der Waals surface area contributed by atoms with Crippen molar-refractivity contribution in [3.05, 3.63) is 11.6 Å². The molecule has 1 aliphatic rings. The molecule has 2 heterocycles. The fraction of sp³-hybridized carbons (Fsp3) is 0.846. The van der Waals surface area contributed by atoms with E-state index in [1.807, 2.05) is 6.92 Å². The van der Waals surface area contributed by atoms with E-state index in [0.29, 0.717) is 6.04 Å². The standard InChI is InChI=1S/C13H24N4/c1-5-9-17-10(2)15-16-12(17)11-13(3,4)7-6-8-14-11/h11,14H,5-9H2,1-4H3. The fourth-order valence-corrected chi connectivity index (χ4v) is 2.76. The molecular weight excluding hydrogens is 212 g/mol. The zero-order valence-electron chi connectivity index (χ0n) is 11.5. The summed E-state index contributed by atoms with van der Waals surface area (Å²) in [7, 11) is 0. The number of nitrogens with zero attached hydrogens (tertiary/aromatic N) is 3. The first-order valence-corrected chi connectivity index (χ1v) is 6.69. The lowest BCUT2D eigenvalue weighted by Gasteiger charge is -2.38. The Morgan fingerprint density at radius 2 is 2.18 bits per heavy atom. The lowest BCUT2D eigenvalue weighted by Crippen LogP contribution is -2.41. The van der Waals surface area contributed by atoms with E-state index in [0.717, 1.165) is 31.2 Å². The molecule has 0 aromatic carbocycles.